The van der Waals surface area contributed by atoms with Gasteiger partial charge in [-0.3, -0.25) is 4.79 Å². The zero-order valence-corrected chi connectivity index (χ0v) is 7.32. The summed E-state index contributed by atoms with van der Waals surface area (Å²) in [6.45, 7) is 1.79. The molecule has 0 aliphatic heterocycles. The number of rotatable bonds is 3. The lowest BCUT2D eigenvalue weighted by molar-refractivity contribution is -0.108. The Hall–Kier alpha value is -1.77. The Morgan fingerprint density at radius 1 is 1.38 bits per heavy atom. The van der Waals surface area contributed by atoms with E-state index in [1.165, 1.54) is 0 Å². The second kappa shape index (κ2) is 4.30. The van der Waals surface area contributed by atoms with E-state index in [1.54, 1.807) is 31.2 Å². The molecule has 13 heavy (non-hydrogen) atoms. The summed E-state index contributed by atoms with van der Waals surface area (Å²) in [5, 5.41) is 11.5. The third kappa shape index (κ3) is 2.99. The number of benzene rings is 1. The zero-order valence-electron chi connectivity index (χ0n) is 7.32. The molecule has 0 saturated carbocycles. The van der Waals surface area contributed by atoms with E-state index in [-0.39, 0.29) is 5.75 Å². The van der Waals surface area contributed by atoms with E-state index in [1.807, 2.05) is 6.08 Å². The van der Waals surface area contributed by atoms with E-state index < -0.39 is 0 Å². The number of nitrogens with one attached hydrogen (secondary N) is 1. The van der Waals surface area contributed by atoms with Crippen LogP contribution in [0, 0.1) is 0 Å². The van der Waals surface area contributed by atoms with Gasteiger partial charge in [-0.15, -0.1) is 0 Å². The van der Waals surface area contributed by atoms with Crippen molar-refractivity contribution in [1.29, 1.82) is 0 Å². The molecular weight excluding hydrogens is 166 g/mol. The molecule has 0 atom stereocenters. The largest absolute Gasteiger partial charge is 0.508 e. The van der Waals surface area contributed by atoms with Crippen molar-refractivity contribution in [2.75, 3.05) is 0 Å². The summed E-state index contributed by atoms with van der Waals surface area (Å²) in [5.41, 5.74) is 1.70. The summed E-state index contributed by atoms with van der Waals surface area (Å²) >= 11 is 0. The minimum absolute atomic E-state index is 0.234. The van der Waals surface area contributed by atoms with Crippen molar-refractivity contribution in [2.24, 2.45) is 0 Å². The molecule has 1 aromatic carbocycles. The summed E-state index contributed by atoms with van der Waals surface area (Å²) < 4.78 is 0. The van der Waals surface area contributed by atoms with Gasteiger partial charge in [-0.1, -0.05) is 12.1 Å². The lowest BCUT2D eigenvalue weighted by Gasteiger charge is -1.98. The highest BCUT2D eigenvalue weighted by Crippen LogP contribution is 2.11. The molecule has 1 amide bonds. The summed E-state index contributed by atoms with van der Waals surface area (Å²) in [6, 6.07) is 6.73. The number of carbonyl (C=O) groups is 1. The van der Waals surface area contributed by atoms with Gasteiger partial charge in [0.1, 0.15) is 5.75 Å². The van der Waals surface area contributed by atoms with Crippen LogP contribution in [0.4, 0.5) is 0 Å². The van der Waals surface area contributed by atoms with Crippen LogP contribution in [0.15, 0.2) is 30.0 Å². The van der Waals surface area contributed by atoms with Crippen LogP contribution in [0.5, 0.6) is 5.75 Å². The van der Waals surface area contributed by atoms with E-state index in [9.17, 15) is 4.79 Å². The highest BCUT2D eigenvalue weighted by Gasteiger charge is 1.90. The Kier molecular flexibility index (Phi) is 3.09. The van der Waals surface area contributed by atoms with E-state index in [2.05, 4.69) is 5.32 Å². The molecule has 0 aliphatic rings. The molecule has 68 valence electrons. The maximum Gasteiger partial charge on any atom is 0.211 e. The number of carbonyl (C=O) groups excluding carboxylic acids is 1. The van der Waals surface area contributed by atoms with Crippen molar-refractivity contribution in [1.82, 2.24) is 5.32 Å². The third-order valence-corrected chi connectivity index (χ3v) is 1.56. The van der Waals surface area contributed by atoms with Gasteiger partial charge in [-0.05, 0) is 30.7 Å². The first kappa shape index (κ1) is 9.32. The third-order valence-electron chi connectivity index (χ3n) is 1.56. The molecule has 3 heteroatoms. The molecule has 0 unspecified atom stereocenters. The minimum atomic E-state index is 0.234. The van der Waals surface area contributed by atoms with Gasteiger partial charge in [-0.2, -0.15) is 0 Å². The molecule has 0 heterocycles. The fraction of sp³-hybridized carbons (Fsp3) is 0.100. The van der Waals surface area contributed by atoms with Crippen molar-refractivity contribution >= 4 is 12.5 Å². The van der Waals surface area contributed by atoms with Crippen molar-refractivity contribution in [3.8, 4) is 5.75 Å². The Morgan fingerprint density at radius 2 is 2.00 bits per heavy atom. The van der Waals surface area contributed by atoms with Crippen molar-refractivity contribution < 1.29 is 9.90 Å². The molecule has 0 radical (unpaired) electrons. The first-order valence-corrected chi connectivity index (χ1v) is 3.90. The standard InChI is InChI=1S/C10H11NO2/c1-8(11-7-12)6-9-2-4-10(13)5-3-9/h2-7,13H,1H3,(H,11,12)/b8-6-. The Bertz CT molecular complexity index is 314. The molecule has 0 aromatic heterocycles. The number of phenolic OH excluding ortho intramolecular Hbond substituents is 1. The van der Waals surface area contributed by atoms with E-state index >= 15 is 0 Å². The van der Waals surface area contributed by atoms with Crippen LogP contribution in [0.3, 0.4) is 0 Å². The van der Waals surface area contributed by atoms with E-state index in [0.29, 0.717) is 6.41 Å². The number of hydrogen-bond acceptors (Lipinski definition) is 2. The molecule has 0 aliphatic carbocycles. The monoisotopic (exact) mass is 177 g/mol. The lowest BCUT2D eigenvalue weighted by atomic mass is 10.2. The molecule has 0 saturated heterocycles. The van der Waals surface area contributed by atoms with E-state index in [4.69, 9.17) is 5.11 Å². The molecule has 0 spiro atoms. The van der Waals surface area contributed by atoms with Crippen LogP contribution in [0.1, 0.15) is 12.5 Å². The molecule has 0 bridgehead atoms. The minimum Gasteiger partial charge on any atom is -0.508 e. The highest BCUT2D eigenvalue weighted by atomic mass is 16.3. The summed E-state index contributed by atoms with van der Waals surface area (Å²) in [7, 11) is 0. The van der Waals surface area contributed by atoms with Gasteiger partial charge in [0.2, 0.25) is 6.41 Å². The van der Waals surface area contributed by atoms with Crippen LogP contribution in [-0.2, 0) is 4.79 Å². The Labute approximate surface area is 76.7 Å². The number of aromatic hydroxyl groups is 1. The Morgan fingerprint density at radius 3 is 2.54 bits per heavy atom. The second-order valence-electron chi connectivity index (χ2n) is 2.68. The quantitative estimate of drug-likeness (QED) is 0.687. The predicted octanol–water partition coefficient (Wildman–Crippen LogP) is 1.50. The van der Waals surface area contributed by atoms with Gasteiger partial charge in [0, 0.05) is 5.70 Å². The van der Waals surface area contributed by atoms with Gasteiger partial charge in [0.15, 0.2) is 0 Å². The van der Waals surface area contributed by atoms with Crippen molar-refractivity contribution in [3.05, 3.63) is 35.5 Å². The van der Waals surface area contributed by atoms with Crippen LogP contribution in [0.25, 0.3) is 6.08 Å². The first-order valence-electron chi connectivity index (χ1n) is 3.90. The molecule has 0 fully saturated rings. The fourth-order valence-corrected chi connectivity index (χ4v) is 0.955. The van der Waals surface area contributed by atoms with Gasteiger partial charge in [0.05, 0.1) is 0 Å². The maximum absolute atomic E-state index is 10.1. The zero-order chi connectivity index (χ0) is 9.68. The fourth-order valence-electron chi connectivity index (χ4n) is 0.955. The molecular formula is C10H11NO2. The maximum atomic E-state index is 10.1. The smallest absolute Gasteiger partial charge is 0.211 e. The van der Waals surface area contributed by atoms with Gasteiger partial charge < -0.3 is 10.4 Å². The SMILES string of the molecule is C/C(=C/c1ccc(O)cc1)NC=O. The molecule has 1 aromatic rings. The first-order chi connectivity index (χ1) is 6.22. The van der Waals surface area contributed by atoms with Gasteiger partial charge in [-0.25, -0.2) is 0 Å². The van der Waals surface area contributed by atoms with Gasteiger partial charge >= 0.3 is 0 Å². The Balaban J connectivity index is 2.78. The number of phenols is 1. The summed E-state index contributed by atoms with van der Waals surface area (Å²) in [6.07, 6.45) is 2.44. The molecule has 2 N–H and O–H groups in total. The molecule has 1 rings (SSSR count). The number of amides is 1. The van der Waals surface area contributed by atoms with E-state index in [0.717, 1.165) is 11.3 Å². The van der Waals surface area contributed by atoms with Gasteiger partial charge in [0.25, 0.3) is 0 Å². The second-order valence-corrected chi connectivity index (χ2v) is 2.68. The van der Waals surface area contributed by atoms with Crippen molar-refractivity contribution in [2.45, 2.75) is 6.92 Å². The average Bonchev–Trinajstić information content (AvgIpc) is 2.09. The number of allylic oxidation sites excluding steroid dienone is 1. The predicted molar refractivity (Wildman–Crippen MR) is 51.0 cm³/mol. The summed E-state index contributed by atoms with van der Waals surface area (Å²) in [4.78, 5) is 10.1. The van der Waals surface area contributed by atoms with Crippen LogP contribution in [-0.4, -0.2) is 11.5 Å². The normalized spacial score (nSPS) is 11.0. The molecule has 3 nitrogen and oxygen atoms in total. The van der Waals surface area contributed by atoms with Crippen molar-refractivity contribution in [3.63, 3.8) is 0 Å². The van der Waals surface area contributed by atoms with Crippen LogP contribution >= 0.6 is 0 Å². The highest BCUT2D eigenvalue weighted by molar-refractivity contribution is 5.58. The van der Waals surface area contributed by atoms with Crippen LogP contribution in [0.2, 0.25) is 0 Å². The lowest BCUT2D eigenvalue weighted by Crippen LogP contribution is -2.06. The number of hydrogen-bond donors (Lipinski definition) is 2. The average molecular weight is 177 g/mol. The topological polar surface area (TPSA) is 49.3 Å². The summed E-state index contributed by atoms with van der Waals surface area (Å²) in [5.74, 6) is 0.234. The van der Waals surface area contributed by atoms with Crippen LogP contribution < -0.4 is 5.32 Å².